The van der Waals surface area contributed by atoms with Gasteiger partial charge in [-0.3, -0.25) is 4.90 Å². The lowest BCUT2D eigenvalue weighted by Crippen LogP contribution is -2.58. The highest BCUT2D eigenvalue weighted by atomic mass is 16.5. The number of nitrogens with two attached hydrogens (primary N) is 2. The average molecular weight is 343 g/mol. The van der Waals surface area contributed by atoms with Gasteiger partial charge in [-0.25, -0.2) is 9.79 Å². The van der Waals surface area contributed by atoms with Crippen LogP contribution in [0.5, 0.6) is 0 Å². The monoisotopic (exact) mass is 343 g/mol. The fourth-order valence-corrected chi connectivity index (χ4v) is 3.79. The Morgan fingerprint density at radius 3 is 2.52 bits per heavy atom. The molecular weight excluding hydrogens is 318 g/mol. The Labute approximate surface area is 147 Å². The van der Waals surface area contributed by atoms with E-state index in [1.807, 2.05) is 30.9 Å². The largest absolute Gasteiger partial charge is 0.465 e. The molecule has 1 heterocycles. The Bertz CT molecular complexity index is 763. The van der Waals surface area contributed by atoms with Crippen LogP contribution in [0.4, 0.5) is 5.69 Å². The maximum absolute atomic E-state index is 12.2. The first kappa shape index (κ1) is 17.3. The molecule has 1 aliphatic heterocycles. The molecule has 0 amide bonds. The van der Waals surface area contributed by atoms with Crippen LogP contribution < -0.4 is 16.4 Å². The Kier molecular flexibility index (Phi) is 4.41. The van der Waals surface area contributed by atoms with E-state index in [0.29, 0.717) is 11.5 Å². The number of aliphatic imine (C=N–C) groups is 2. The first-order valence-electron chi connectivity index (χ1n) is 8.57. The molecule has 1 spiro atoms. The lowest BCUT2D eigenvalue weighted by Gasteiger charge is -2.45. The molecule has 3 rings (SSSR count). The zero-order chi connectivity index (χ0) is 18.2. The van der Waals surface area contributed by atoms with Gasteiger partial charge in [-0.05, 0) is 62.8 Å². The Morgan fingerprint density at radius 1 is 1.20 bits per heavy atom. The number of benzene rings is 1. The molecule has 25 heavy (non-hydrogen) atoms. The number of esters is 1. The quantitative estimate of drug-likeness (QED) is 0.801. The summed E-state index contributed by atoms with van der Waals surface area (Å²) in [6.07, 6.45) is 4.97. The van der Waals surface area contributed by atoms with E-state index in [-0.39, 0.29) is 11.9 Å². The van der Waals surface area contributed by atoms with Crippen molar-refractivity contribution in [2.75, 3.05) is 12.0 Å². The molecule has 0 atom stereocenters. The molecule has 7 heteroatoms. The van der Waals surface area contributed by atoms with E-state index < -0.39 is 5.66 Å². The maximum atomic E-state index is 12.2. The van der Waals surface area contributed by atoms with E-state index in [9.17, 15) is 4.79 Å². The highest BCUT2D eigenvalue weighted by Crippen LogP contribution is 2.40. The first-order valence-corrected chi connectivity index (χ1v) is 8.57. The van der Waals surface area contributed by atoms with Gasteiger partial charge in [-0.1, -0.05) is 6.42 Å². The predicted molar refractivity (Wildman–Crippen MR) is 98.8 cm³/mol. The van der Waals surface area contributed by atoms with Gasteiger partial charge < -0.3 is 16.2 Å². The third-order valence-electron chi connectivity index (χ3n) is 5.17. The summed E-state index contributed by atoms with van der Waals surface area (Å²) in [6, 6.07) is 3.82. The van der Waals surface area contributed by atoms with Crippen LogP contribution in [0, 0.1) is 13.8 Å². The van der Waals surface area contributed by atoms with E-state index in [1.165, 1.54) is 13.5 Å². The van der Waals surface area contributed by atoms with Gasteiger partial charge in [0.15, 0.2) is 0 Å². The Hall–Kier alpha value is -2.57. The van der Waals surface area contributed by atoms with Crippen molar-refractivity contribution in [3.63, 3.8) is 0 Å². The van der Waals surface area contributed by atoms with Crippen molar-refractivity contribution in [2.45, 2.75) is 51.6 Å². The van der Waals surface area contributed by atoms with E-state index in [0.717, 1.165) is 42.5 Å². The van der Waals surface area contributed by atoms with Crippen molar-refractivity contribution in [2.24, 2.45) is 21.5 Å². The molecule has 4 N–H and O–H groups in total. The van der Waals surface area contributed by atoms with E-state index in [2.05, 4.69) is 9.98 Å². The number of ether oxygens (including phenoxy) is 1. The number of hydrogen-bond donors (Lipinski definition) is 2. The molecule has 1 aliphatic carbocycles. The summed E-state index contributed by atoms with van der Waals surface area (Å²) in [4.78, 5) is 22.9. The third kappa shape index (κ3) is 2.94. The zero-order valence-corrected chi connectivity index (χ0v) is 15.0. The molecule has 1 saturated carbocycles. The second-order valence-electron chi connectivity index (χ2n) is 6.75. The molecule has 2 aliphatic rings. The van der Waals surface area contributed by atoms with Gasteiger partial charge in [0.2, 0.25) is 11.9 Å². The van der Waals surface area contributed by atoms with Gasteiger partial charge in [0, 0.05) is 5.69 Å². The summed E-state index contributed by atoms with van der Waals surface area (Å²) >= 11 is 0. The fraction of sp³-hybridized carbons (Fsp3) is 0.500. The number of anilines is 1. The number of methoxy groups -OCH3 is 1. The maximum Gasteiger partial charge on any atom is 0.338 e. The van der Waals surface area contributed by atoms with Gasteiger partial charge in [-0.2, -0.15) is 4.99 Å². The average Bonchev–Trinajstić information content (AvgIpc) is 2.57. The summed E-state index contributed by atoms with van der Waals surface area (Å²) in [6.45, 7) is 3.87. The molecule has 1 aromatic rings. The lowest BCUT2D eigenvalue weighted by atomic mass is 9.87. The molecular formula is C18H25N5O2. The number of carbonyl (C=O) groups excluding carboxylic acids is 1. The van der Waals surface area contributed by atoms with Crippen LogP contribution in [0.2, 0.25) is 0 Å². The van der Waals surface area contributed by atoms with Crippen molar-refractivity contribution < 1.29 is 9.53 Å². The summed E-state index contributed by atoms with van der Waals surface area (Å²) in [5, 5.41) is 0. The Balaban J connectivity index is 2.14. The minimum Gasteiger partial charge on any atom is -0.465 e. The van der Waals surface area contributed by atoms with Crippen molar-refractivity contribution >= 4 is 23.6 Å². The van der Waals surface area contributed by atoms with Crippen LogP contribution in [-0.4, -0.2) is 30.7 Å². The van der Waals surface area contributed by atoms with Crippen LogP contribution in [0.25, 0.3) is 0 Å². The first-order chi connectivity index (χ1) is 11.9. The smallest absolute Gasteiger partial charge is 0.338 e. The SMILES string of the molecule is COC(=O)c1cc(N2C(N)=NC(N)=NC23CCCCC3)cc(C)c1C. The second-order valence-corrected chi connectivity index (χ2v) is 6.75. The zero-order valence-electron chi connectivity index (χ0n) is 15.0. The van der Waals surface area contributed by atoms with Gasteiger partial charge in [0.25, 0.3) is 0 Å². The molecule has 1 fully saturated rings. The van der Waals surface area contributed by atoms with Crippen LogP contribution in [0.3, 0.4) is 0 Å². The number of nitrogens with zero attached hydrogens (tertiary/aromatic N) is 3. The van der Waals surface area contributed by atoms with Crippen molar-refractivity contribution in [1.82, 2.24) is 0 Å². The number of aryl methyl sites for hydroxylation is 1. The van der Waals surface area contributed by atoms with Crippen molar-refractivity contribution in [3.8, 4) is 0 Å². The van der Waals surface area contributed by atoms with Gasteiger partial charge >= 0.3 is 5.97 Å². The van der Waals surface area contributed by atoms with Gasteiger partial charge in [0.05, 0.1) is 12.7 Å². The molecule has 0 saturated heterocycles. The molecule has 0 unspecified atom stereocenters. The predicted octanol–water partition coefficient (Wildman–Crippen LogP) is 2.20. The molecule has 7 nitrogen and oxygen atoms in total. The number of carbonyl (C=O) groups is 1. The molecule has 0 bridgehead atoms. The third-order valence-corrected chi connectivity index (χ3v) is 5.17. The van der Waals surface area contributed by atoms with Crippen molar-refractivity contribution in [3.05, 3.63) is 28.8 Å². The van der Waals surface area contributed by atoms with E-state index >= 15 is 0 Å². The minimum atomic E-state index is -0.525. The standard InChI is InChI=1S/C18H25N5O2/c1-11-9-13(10-14(12(11)2)15(24)25-3)23-17(20)21-16(19)22-18(23)7-5-4-6-8-18/h9-10H,4-8H2,1-3H3,(H4,19,20,21,22). The van der Waals surface area contributed by atoms with Crippen LogP contribution >= 0.6 is 0 Å². The number of guanidine groups is 2. The number of rotatable bonds is 2. The highest BCUT2D eigenvalue weighted by Gasteiger charge is 2.42. The topological polar surface area (TPSA) is 106 Å². The van der Waals surface area contributed by atoms with Gasteiger partial charge in [0.1, 0.15) is 5.66 Å². The van der Waals surface area contributed by atoms with Gasteiger partial charge in [-0.15, -0.1) is 0 Å². The molecule has 0 radical (unpaired) electrons. The van der Waals surface area contributed by atoms with E-state index in [1.54, 1.807) is 0 Å². The normalized spacial score (nSPS) is 19.4. The summed E-state index contributed by atoms with van der Waals surface area (Å²) < 4.78 is 4.93. The second kappa shape index (κ2) is 6.38. The Morgan fingerprint density at radius 2 is 1.88 bits per heavy atom. The van der Waals surface area contributed by atoms with Crippen molar-refractivity contribution in [1.29, 1.82) is 0 Å². The highest BCUT2D eigenvalue weighted by molar-refractivity contribution is 6.06. The lowest BCUT2D eigenvalue weighted by molar-refractivity contribution is 0.0599. The molecule has 0 aromatic heterocycles. The number of hydrogen-bond acceptors (Lipinski definition) is 7. The fourth-order valence-electron chi connectivity index (χ4n) is 3.79. The van der Waals surface area contributed by atoms with Crippen LogP contribution in [-0.2, 0) is 4.74 Å². The summed E-state index contributed by atoms with van der Waals surface area (Å²) in [7, 11) is 1.38. The summed E-state index contributed by atoms with van der Waals surface area (Å²) in [5.74, 6) is 0.164. The van der Waals surface area contributed by atoms with Crippen LogP contribution in [0.15, 0.2) is 22.1 Å². The van der Waals surface area contributed by atoms with Crippen LogP contribution in [0.1, 0.15) is 53.6 Å². The summed E-state index contributed by atoms with van der Waals surface area (Å²) in [5.41, 5.74) is 14.8. The van der Waals surface area contributed by atoms with E-state index in [4.69, 9.17) is 16.2 Å². The molecule has 1 aromatic carbocycles. The minimum absolute atomic E-state index is 0.215. The molecule has 134 valence electrons.